The second kappa shape index (κ2) is 8.03. The van der Waals surface area contributed by atoms with Gasteiger partial charge in [-0.15, -0.1) is 0 Å². The van der Waals surface area contributed by atoms with Crippen LogP contribution in [0.1, 0.15) is 32.1 Å². The third-order valence-electron chi connectivity index (χ3n) is 3.67. The van der Waals surface area contributed by atoms with Crippen LogP contribution in [0.2, 0.25) is 5.02 Å². The molecule has 0 heterocycles. The lowest BCUT2D eigenvalue weighted by molar-refractivity contribution is -0.148. The lowest BCUT2D eigenvalue weighted by Crippen LogP contribution is -2.36. The maximum atomic E-state index is 12.1. The maximum absolute atomic E-state index is 12.1. The highest BCUT2D eigenvalue weighted by Gasteiger charge is 2.21. The SMILES string of the molecule is O=C(O)CN(CC(=O)OC1CCCCC1)c1cccc(Cl)c1. The van der Waals surface area contributed by atoms with Crippen molar-refractivity contribution in [2.24, 2.45) is 0 Å². The Hall–Kier alpha value is -1.75. The third kappa shape index (κ3) is 5.22. The molecule has 2 rings (SSSR count). The second-order valence-electron chi connectivity index (χ2n) is 5.48. The summed E-state index contributed by atoms with van der Waals surface area (Å²) < 4.78 is 5.45. The van der Waals surface area contributed by atoms with E-state index in [0.717, 1.165) is 25.7 Å². The van der Waals surface area contributed by atoms with Crippen molar-refractivity contribution in [3.05, 3.63) is 29.3 Å². The van der Waals surface area contributed by atoms with E-state index in [0.29, 0.717) is 10.7 Å². The maximum Gasteiger partial charge on any atom is 0.325 e. The average Bonchev–Trinajstić information content (AvgIpc) is 2.47. The highest BCUT2D eigenvalue weighted by atomic mass is 35.5. The van der Waals surface area contributed by atoms with Gasteiger partial charge in [0, 0.05) is 10.7 Å². The number of carboxylic acid groups (broad SMARTS) is 1. The summed E-state index contributed by atoms with van der Waals surface area (Å²) in [6, 6.07) is 6.78. The number of anilines is 1. The van der Waals surface area contributed by atoms with Crippen molar-refractivity contribution in [1.29, 1.82) is 0 Å². The average molecular weight is 326 g/mol. The van der Waals surface area contributed by atoms with Crippen LogP contribution in [0.15, 0.2) is 24.3 Å². The Bertz CT molecular complexity index is 529. The van der Waals surface area contributed by atoms with Crippen LogP contribution >= 0.6 is 11.6 Å². The molecule has 6 heteroatoms. The predicted octanol–water partition coefficient (Wildman–Crippen LogP) is 3.11. The zero-order valence-corrected chi connectivity index (χ0v) is 13.1. The minimum absolute atomic E-state index is 0.0349. The van der Waals surface area contributed by atoms with E-state index in [4.69, 9.17) is 21.4 Å². The van der Waals surface area contributed by atoms with Crippen molar-refractivity contribution in [3.8, 4) is 0 Å². The van der Waals surface area contributed by atoms with Crippen LogP contribution in [-0.2, 0) is 14.3 Å². The highest BCUT2D eigenvalue weighted by molar-refractivity contribution is 6.30. The molecule has 1 saturated carbocycles. The van der Waals surface area contributed by atoms with Gasteiger partial charge in [0.25, 0.3) is 0 Å². The molecule has 1 aliphatic carbocycles. The molecule has 1 aliphatic rings. The summed E-state index contributed by atoms with van der Waals surface area (Å²) in [6.45, 7) is -0.372. The Balaban J connectivity index is 1.99. The Kier molecular flexibility index (Phi) is 6.07. The fourth-order valence-electron chi connectivity index (χ4n) is 2.64. The minimum Gasteiger partial charge on any atom is -0.480 e. The molecule has 120 valence electrons. The first-order valence-corrected chi connectivity index (χ1v) is 7.84. The fourth-order valence-corrected chi connectivity index (χ4v) is 2.82. The zero-order chi connectivity index (χ0) is 15.9. The van der Waals surface area contributed by atoms with Gasteiger partial charge in [-0.3, -0.25) is 9.59 Å². The Morgan fingerprint density at radius 3 is 2.59 bits per heavy atom. The largest absolute Gasteiger partial charge is 0.480 e. The second-order valence-corrected chi connectivity index (χ2v) is 5.92. The number of aliphatic carboxylic acids is 1. The molecular weight excluding hydrogens is 306 g/mol. The predicted molar refractivity (Wildman–Crippen MR) is 84.3 cm³/mol. The number of ether oxygens (including phenoxy) is 1. The van der Waals surface area contributed by atoms with Crippen molar-refractivity contribution < 1.29 is 19.4 Å². The molecule has 0 aromatic heterocycles. The van der Waals surface area contributed by atoms with E-state index >= 15 is 0 Å². The number of rotatable bonds is 6. The Morgan fingerprint density at radius 1 is 1.23 bits per heavy atom. The van der Waals surface area contributed by atoms with Gasteiger partial charge in [0.1, 0.15) is 19.2 Å². The molecule has 0 spiro atoms. The molecule has 1 fully saturated rings. The van der Waals surface area contributed by atoms with E-state index < -0.39 is 11.9 Å². The normalized spacial score (nSPS) is 15.3. The topological polar surface area (TPSA) is 66.8 Å². The molecule has 1 N–H and O–H groups in total. The van der Waals surface area contributed by atoms with Crippen molar-refractivity contribution in [2.75, 3.05) is 18.0 Å². The van der Waals surface area contributed by atoms with Crippen molar-refractivity contribution in [1.82, 2.24) is 0 Å². The molecule has 0 unspecified atom stereocenters. The standard InChI is InChI=1S/C16H20ClNO4/c17-12-5-4-6-13(9-12)18(10-15(19)20)11-16(21)22-14-7-2-1-3-8-14/h4-6,9,14H,1-3,7-8,10-11H2,(H,19,20). The molecular formula is C16H20ClNO4. The van der Waals surface area contributed by atoms with E-state index in [2.05, 4.69) is 0 Å². The summed E-state index contributed by atoms with van der Waals surface area (Å²) in [7, 11) is 0. The van der Waals surface area contributed by atoms with Gasteiger partial charge in [-0.2, -0.15) is 0 Å². The highest BCUT2D eigenvalue weighted by Crippen LogP contribution is 2.22. The van der Waals surface area contributed by atoms with Crippen molar-refractivity contribution in [3.63, 3.8) is 0 Å². The van der Waals surface area contributed by atoms with E-state index in [1.54, 1.807) is 24.3 Å². The van der Waals surface area contributed by atoms with Gasteiger partial charge in [-0.1, -0.05) is 24.1 Å². The number of halogens is 1. The van der Waals surface area contributed by atoms with Crippen LogP contribution in [0.25, 0.3) is 0 Å². The minimum atomic E-state index is -1.01. The van der Waals surface area contributed by atoms with E-state index in [1.165, 1.54) is 11.3 Å². The molecule has 0 bridgehead atoms. The number of benzene rings is 1. The van der Waals surface area contributed by atoms with E-state index in [-0.39, 0.29) is 19.2 Å². The van der Waals surface area contributed by atoms with Crippen LogP contribution in [0, 0.1) is 0 Å². The number of nitrogens with zero attached hydrogens (tertiary/aromatic N) is 1. The first-order chi connectivity index (χ1) is 10.5. The number of carbonyl (C=O) groups excluding carboxylic acids is 1. The molecule has 0 amide bonds. The Labute approximate surface area is 134 Å². The first-order valence-electron chi connectivity index (χ1n) is 7.46. The number of hydrogen-bond acceptors (Lipinski definition) is 4. The van der Waals surface area contributed by atoms with Gasteiger partial charge < -0.3 is 14.7 Å². The monoisotopic (exact) mass is 325 g/mol. The fraction of sp³-hybridized carbons (Fsp3) is 0.500. The van der Waals surface area contributed by atoms with Crippen molar-refractivity contribution >= 4 is 29.2 Å². The quantitative estimate of drug-likeness (QED) is 0.814. The summed E-state index contributed by atoms with van der Waals surface area (Å²) in [5.74, 6) is -1.40. The van der Waals surface area contributed by atoms with Gasteiger partial charge in [0.05, 0.1) is 0 Å². The third-order valence-corrected chi connectivity index (χ3v) is 3.90. The lowest BCUT2D eigenvalue weighted by atomic mass is 9.98. The molecule has 0 saturated heterocycles. The summed E-state index contributed by atoms with van der Waals surface area (Å²) in [5.41, 5.74) is 0.593. The summed E-state index contributed by atoms with van der Waals surface area (Å²) in [6.07, 6.45) is 5.08. The molecule has 22 heavy (non-hydrogen) atoms. The Morgan fingerprint density at radius 2 is 1.95 bits per heavy atom. The number of hydrogen-bond donors (Lipinski definition) is 1. The molecule has 0 aliphatic heterocycles. The van der Waals surface area contributed by atoms with Crippen LogP contribution in [-0.4, -0.2) is 36.2 Å². The lowest BCUT2D eigenvalue weighted by Gasteiger charge is -2.25. The van der Waals surface area contributed by atoms with Gasteiger partial charge in [0.2, 0.25) is 0 Å². The molecule has 0 atom stereocenters. The van der Waals surface area contributed by atoms with Crippen LogP contribution in [0.3, 0.4) is 0 Å². The van der Waals surface area contributed by atoms with Crippen LogP contribution < -0.4 is 4.90 Å². The van der Waals surface area contributed by atoms with Gasteiger partial charge in [0.15, 0.2) is 0 Å². The van der Waals surface area contributed by atoms with Gasteiger partial charge >= 0.3 is 11.9 Å². The number of esters is 1. The van der Waals surface area contributed by atoms with Crippen LogP contribution in [0.5, 0.6) is 0 Å². The van der Waals surface area contributed by atoms with E-state index in [1.807, 2.05) is 0 Å². The summed E-state index contributed by atoms with van der Waals surface area (Å²) in [4.78, 5) is 24.5. The number of carbonyl (C=O) groups is 2. The molecule has 5 nitrogen and oxygen atoms in total. The van der Waals surface area contributed by atoms with Gasteiger partial charge in [-0.25, -0.2) is 0 Å². The number of carboxylic acids is 1. The smallest absolute Gasteiger partial charge is 0.325 e. The molecule has 1 aromatic carbocycles. The van der Waals surface area contributed by atoms with Crippen LogP contribution in [0.4, 0.5) is 5.69 Å². The van der Waals surface area contributed by atoms with Gasteiger partial charge in [-0.05, 0) is 43.9 Å². The van der Waals surface area contributed by atoms with Crippen molar-refractivity contribution in [2.45, 2.75) is 38.2 Å². The molecule has 0 radical (unpaired) electrons. The zero-order valence-electron chi connectivity index (χ0n) is 12.3. The summed E-state index contributed by atoms with van der Waals surface area (Å²) in [5, 5.41) is 9.52. The molecule has 1 aromatic rings. The first kappa shape index (κ1) is 16.6. The van der Waals surface area contributed by atoms with E-state index in [9.17, 15) is 9.59 Å². The summed E-state index contributed by atoms with van der Waals surface area (Å²) >= 11 is 5.93.